The van der Waals surface area contributed by atoms with Crippen molar-refractivity contribution in [2.45, 2.75) is 19.4 Å². The predicted molar refractivity (Wildman–Crippen MR) is 81.1 cm³/mol. The standard InChI is InChI=1S/C15H16N2O3S/c1-9-13(14(18)19-2)17-15(21-9)16-11-7-8-20-12-6-4-3-5-10(11)12/h3-6,11H,7-8H2,1-2H3,(H,16,17). The molecule has 0 saturated heterocycles. The summed E-state index contributed by atoms with van der Waals surface area (Å²) in [6, 6.07) is 8.12. The van der Waals surface area contributed by atoms with E-state index >= 15 is 0 Å². The number of benzene rings is 1. The third-order valence-electron chi connectivity index (χ3n) is 3.43. The van der Waals surface area contributed by atoms with E-state index < -0.39 is 5.97 Å². The van der Waals surface area contributed by atoms with Crippen LogP contribution in [-0.4, -0.2) is 24.7 Å². The van der Waals surface area contributed by atoms with Gasteiger partial charge in [-0.1, -0.05) is 18.2 Å². The van der Waals surface area contributed by atoms with Gasteiger partial charge in [-0.15, -0.1) is 11.3 Å². The maximum atomic E-state index is 11.6. The van der Waals surface area contributed by atoms with Crippen LogP contribution in [0, 0.1) is 6.92 Å². The second-order valence-corrected chi connectivity index (χ2v) is 5.99. The molecule has 6 heteroatoms. The number of aromatic nitrogens is 1. The maximum Gasteiger partial charge on any atom is 0.357 e. The predicted octanol–water partition coefficient (Wildman–Crippen LogP) is 3.17. The Bertz CT molecular complexity index is 669. The molecule has 110 valence electrons. The molecule has 2 aromatic rings. The van der Waals surface area contributed by atoms with Crippen LogP contribution in [0.2, 0.25) is 0 Å². The van der Waals surface area contributed by atoms with Crippen LogP contribution < -0.4 is 10.1 Å². The number of rotatable bonds is 3. The normalized spacial score (nSPS) is 16.8. The molecule has 0 amide bonds. The summed E-state index contributed by atoms with van der Waals surface area (Å²) in [7, 11) is 1.36. The second-order valence-electron chi connectivity index (χ2n) is 4.79. The Kier molecular flexibility index (Phi) is 3.79. The molecule has 1 atom stereocenters. The highest BCUT2D eigenvalue weighted by atomic mass is 32.1. The number of para-hydroxylation sites is 1. The number of hydrogen-bond acceptors (Lipinski definition) is 6. The summed E-state index contributed by atoms with van der Waals surface area (Å²) in [4.78, 5) is 16.8. The van der Waals surface area contributed by atoms with Crippen LogP contribution in [0.3, 0.4) is 0 Å². The van der Waals surface area contributed by atoms with Crippen molar-refractivity contribution in [1.29, 1.82) is 0 Å². The van der Waals surface area contributed by atoms with Crippen molar-refractivity contribution in [3.8, 4) is 5.75 Å². The Labute approximate surface area is 126 Å². The summed E-state index contributed by atoms with van der Waals surface area (Å²) in [6.45, 7) is 2.54. The SMILES string of the molecule is COC(=O)c1nc(NC2CCOc3ccccc32)sc1C. The zero-order chi connectivity index (χ0) is 14.8. The van der Waals surface area contributed by atoms with Crippen molar-refractivity contribution in [2.75, 3.05) is 19.0 Å². The molecule has 2 heterocycles. The highest BCUT2D eigenvalue weighted by molar-refractivity contribution is 7.15. The van der Waals surface area contributed by atoms with Gasteiger partial charge in [-0.05, 0) is 13.0 Å². The van der Waals surface area contributed by atoms with Gasteiger partial charge in [-0.3, -0.25) is 0 Å². The second kappa shape index (κ2) is 5.73. The fourth-order valence-corrected chi connectivity index (χ4v) is 3.24. The molecule has 0 saturated carbocycles. The highest BCUT2D eigenvalue weighted by Gasteiger charge is 2.23. The quantitative estimate of drug-likeness (QED) is 0.883. The average molecular weight is 304 g/mol. The number of methoxy groups -OCH3 is 1. The lowest BCUT2D eigenvalue weighted by Crippen LogP contribution is -2.20. The lowest BCUT2D eigenvalue weighted by molar-refractivity contribution is 0.0594. The van der Waals surface area contributed by atoms with Crippen LogP contribution in [0.15, 0.2) is 24.3 Å². The van der Waals surface area contributed by atoms with Gasteiger partial charge in [0.15, 0.2) is 10.8 Å². The van der Waals surface area contributed by atoms with Crippen molar-refractivity contribution >= 4 is 22.4 Å². The number of nitrogens with zero attached hydrogens (tertiary/aromatic N) is 1. The maximum absolute atomic E-state index is 11.6. The largest absolute Gasteiger partial charge is 0.493 e. The van der Waals surface area contributed by atoms with Gasteiger partial charge in [0.2, 0.25) is 0 Å². The van der Waals surface area contributed by atoms with Crippen molar-refractivity contribution in [1.82, 2.24) is 4.98 Å². The monoisotopic (exact) mass is 304 g/mol. The Morgan fingerprint density at radius 1 is 1.48 bits per heavy atom. The first-order chi connectivity index (χ1) is 10.2. The van der Waals surface area contributed by atoms with E-state index in [1.165, 1.54) is 18.4 Å². The zero-order valence-corrected chi connectivity index (χ0v) is 12.7. The summed E-state index contributed by atoms with van der Waals surface area (Å²) in [5.74, 6) is 0.506. The molecular weight excluding hydrogens is 288 g/mol. The Morgan fingerprint density at radius 3 is 3.10 bits per heavy atom. The van der Waals surface area contributed by atoms with E-state index in [0.29, 0.717) is 12.3 Å². The molecule has 1 aromatic heterocycles. The first-order valence-electron chi connectivity index (χ1n) is 6.73. The average Bonchev–Trinajstić information content (AvgIpc) is 2.87. The Hall–Kier alpha value is -2.08. The number of anilines is 1. The van der Waals surface area contributed by atoms with Crippen LogP contribution in [-0.2, 0) is 4.74 Å². The van der Waals surface area contributed by atoms with Crippen molar-refractivity contribution in [3.05, 3.63) is 40.4 Å². The Morgan fingerprint density at radius 2 is 2.29 bits per heavy atom. The molecule has 21 heavy (non-hydrogen) atoms. The van der Waals surface area contributed by atoms with E-state index in [-0.39, 0.29) is 6.04 Å². The molecule has 0 aliphatic carbocycles. The van der Waals surface area contributed by atoms with Crippen molar-refractivity contribution < 1.29 is 14.3 Å². The number of hydrogen-bond donors (Lipinski definition) is 1. The molecular formula is C15H16N2O3S. The summed E-state index contributed by atoms with van der Waals surface area (Å²) >= 11 is 1.46. The Balaban J connectivity index is 1.84. The number of carbonyl (C=O) groups excluding carboxylic acids is 1. The van der Waals surface area contributed by atoms with Crippen LogP contribution >= 0.6 is 11.3 Å². The van der Waals surface area contributed by atoms with Crippen molar-refractivity contribution in [2.24, 2.45) is 0 Å². The van der Waals surface area contributed by atoms with Gasteiger partial charge in [0, 0.05) is 16.9 Å². The molecule has 1 N–H and O–H groups in total. The van der Waals surface area contributed by atoms with Gasteiger partial charge >= 0.3 is 5.97 Å². The van der Waals surface area contributed by atoms with Crippen LogP contribution in [0.5, 0.6) is 5.75 Å². The molecule has 0 radical (unpaired) electrons. The van der Waals surface area contributed by atoms with Gasteiger partial charge in [-0.2, -0.15) is 0 Å². The summed E-state index contributed by atoms with van der Waals surface area (Å²) in [5.41, 5.74) is 1.50. The zero-order valence-electron chi connectivity index (χ0n) is 11.9. The van der Waals surface area contributed by atoms with E-state index in [4.69, 9.17) is 9.47 Å². The first-order valence-corrected chi connectivity index (χ1v) is 7.54. The molecule has 1 unspecified atom stereocenters. The lowest BCUT2D eigenvalue weighted by Gasteiger charge is -2.26. The number of ether oxygens (including phenoxy) is 2. The topological polar surface area (TPSA) is 60.5 Å². The molecule has 1 aliphatic rings. The number of nitrogens with one attached hydrogen (secondary N) is 1. The minimum Gasteiger partial charge on any atom is -0.493 e. The number of thiazole rings is 1. The fraction of sp³-hybridized carbons (Fsp3) is 0.333. The molecule has 0 fully saturated rings. The summed E-state index contributed by atoms with van der Waals surface area (Å²) in [6.07, 6.45) is 0.864. The molecule has 1 aliphatic heterocycles. The van der Waals surface area contributed by atoms with Gasteiger partial charge in [0.05, 0.1) is 19.8 Å². The van der Waals surface area contributed by atoms with E-state index in [9.17, 15) is 4.79 Å². The van der Waals surface area contributed by atoms with Gasteiger partial charge in [0.1, 0.15) is 5.75 Å². The molecule has 5 nitrogen and oxygen atoms in total. The molecule has 1 aromatic carbocycles. The van der Waals surface area contributed by atoms with Gasteiger partial charge < -0.3 is 14.8 Å². The highest BCUT2D eigenvalue weighted by Crippen LogP contribution is 2.35. The number of aryl methyl sites for hydroxylation is 1. The van der Waals surface area contributed by atoms with Crippen LogP contribution in [0.25, 0.3) is 0 Å². The molecule has 0 spiro atoms. The fourth-order valence-electron chi connectivity index (χ4n) is 2.39. The number of carbonyl (C=O) groups is 1. The number of fused-ring (bicyclic) bond motifs is 1. The van der Waals surface area contributed by atoms with Gasteiger partial charge in [0.25, 0.3) is 0 Å². The van der Waals surface area contributed by atoms with E-state index in [2.05, 4.69) is 10.3 Å². The minimum absolute atomic E-state index is 0.144. The van der Waals surface area contributed by atoms with Crippen molar-refractivity contribution in [3.63, 3.8) is 0 Å². The lowest BCUT2D eigenvalue weighted by atomic mass is 10.0. The smallest absolute Gasteiger partial charge is 0.357 e. The first kappa shape index (κ1) is 13.9. The van der Waals surface area contributed by atoms with Crippen LogP contribution in [0.1, 0.15) is 33.4 Å². The van der Waals surface area contributed by atoms with Gasteiger partial charge in [-0.25, -0.2) is 9.78 Å². The van der Waals surface area contributed by atoms with E-state index in [0.717, 1.165) is 27.7 Å². The third kappa shape index (κ3) is 2.71. The summed E-state index contributed by atoms with van der Waals surface area (Å²) < 4.78 is 10.4. The molecule has 3 rings (SSSR count). The minimum atomic E-state index is -0.399. The van der Waals surface area contributed by atoms with E-state index in [1.807, 2.05) is 31.2 Å². The van der Waals surface area contributed by atoms with Crippen LogP contribution in [0.4, 0.5) is 5.13 Å². The molecule has 0 bridgehead atoms. The number of esters is 1. The third-order valence-corrected chi connectivity index (χ3v) is 4.33. The summed E-state index contributed by atoms with van der Waals surface area (Å²) in [5, 5.41) is 4.13. The van der Waals surface area contributed by atoms with E-state index in [1.54, 1.807) is 0 Å².